The predicted molar refractivity (Wildman–Crippen MR) is 122 cm³/mol. The Bertz CT molecular complexity index is 767. The molecule has 0 radical (unpaired) electrons. The highest BCUT2D eigenvalue weighted by Crippen LogP contribution is 2.29. The number of ether oxygens (including phenoxy) is 1. The second kappa shape index (κ2) is 12.5. The van der Waals surface area contributed by atoms with Gasteiger partial charge in [-0.2, -0.15) is 0 Å². The standard InChI is InChI=1S/C26H35NO4/c28-22(19-31-23-8-4-3-5-9-23)16-14-21-15-17-25(29)24(21)10-6-1-2-7-11-26(30)27-18-20-12-13-20/h3-5,8-9,14-16,20,22,24,28H,1-2,6-7,10-13,17-19H2,(H,27,30)/b16-14+/t22-,24-/m1/s1. The van der Waals surface area contributed by atoms with Crippen molar-refractivity contribution < 1.29 is 19.4 Å². The van der Waals surface area contributed by atoms with Crippen LogP contribution in [0.25, 0.3) is 0 Å². The summed E-state index contributed by atoms with van der Waals surface area (Å²) in [6.07, 6.45) is 13.2. The highest BCUT2D eigenvalue weighted by Gasteiger charge is 2.25. The first-order valence-corrected chi connectivity index (χ1v) is 11.7. The fourth-order valence-electron chi connectivity index (χ4n) is 3.83. The molecule has 1 amide bonds. The molecule has 5 nitrogen and oxygen atoms in total. The summed E-state index contributed by atoms with van der Waals surface area (Å²) in [5.41, 5.74) is 1.00. The largest absolute Gasteiger partial charge is 0.491 e. The van der Waals surface area contributed by atoms with Crippen LogP contribution in [0.3, 0.4) is 0 Å². The van der Waals surface area contributed by atoms with E-state index < -0.39 is 6.10 Å². The van der Waals surface area contributed by atoms with Crippen molar-refractivity contribution in [1.82, 2.24) is 5.32 Å². The van der Waals surface area contributed by atoms with Gasteiger partial charge in [-0.15, -0.1) is 0 Å². The number of amides is 1. The van der Waals surface area contributed by atoms with Crippen molar-refractivity contribution >= 4 is 11.7 Å². The Kier molecular flexibility index (Phi) is 9.35. The monoisotopic (exact) mass is 425 g/mol. The lowest BCUT2D eigenvalue weighted by atomic mass is 9.93. The van der Waals surface area contributed by atoms with Crippen LogP contribution in [0.5, 0.6) is 5.75 Å². The Morgan fingerprint density at radius 1 is 1.16 bits per heavy atom. The summed E-state index contributed by atoms with van der Waals surface area (Å²) in [6, 6.07) is 9.40. The first-order valence-electron chi connectivity index (χ1n) is 11.7. The van der Waals surface area contributed by atoms with Crippen molar-refractivity contribution in [2.24, 2.45) is 11.8 Å². The molecule has 2 atom stereocenters. The number of allylic oxidation sites excluding steroid dienone is 3. The maximum absolute atomic E-state index is 12.3. The second-order valence-electron chi connectivity index (χ2n) is 8.68. The lowest BCUT2D eigenvalue weighted by Crippen LogP contribution is -2.25. The molecule has 0 heterocycles. The van der Waals surface area contributed by atoms with Gasteiger partial charge in [0.2, 0.25) is 5.91 Å². The molecule has 0 aromatic heterocycles. The summed E-state index contributed by atoms with van der Waals surface area (Å²) in [4.78, 5) is 24.0. The Labute approximate surface area is 185 Å². The number of Topliss-reactive ketones (excluding diaryl/α,β-unsaturated/α-hetero) is 1. The summed E-state index contributed by atoms with van der Waals surface area (Å²) in [7, 11) is 0. The lowest BCUT2D eigenvalue weighted by Gasteiger charge is -2.12. The van der Waals surface area contributed by atoms with Crippen LogP contribution < -0.4 is 10.1 Å². The average Bonchev–Trinajstić information content (AvgIpc) is 3.55. The molecule has 0 spiro atoms. The van der Waals surface area contributed by atoms with E-state index in [2.05, 4.69) is 5.32 Å². The third kappa shape index (κ3) is 8.70. The Morgan fingerprint density at radius 2 is 1.94 bits per heavy atom. The second-order valence-corrected chi connectivity index (χ2v) is 8.68. The van der Waals surface area contributed by atoms with E-state index in [1.54, 1.807) is 6.08 Å². The molecule has 2 aliphatic carbocycles. The number of carbonyl (C=O) groups excluding carboxylic acids is 2. The van der Waals surface area contributed by atoms with E-state index in [9.17, 15) is 14.7 Å². The number of aliphatic hydroxyl groups is 1. The number of benzene rings is 1. The van der Waals surface area contributed by atoms with E-state index in [0.29, 0.717) is 12.8 Å². The van der Waals surface area contributed by atoms with Crippen LogP contribution in [0.2, 0.25) is 0 Å². The van der Waals surface area contributed by atoms with Gasteiger partial charge in [0.25, 0.3) is 0 Å². The molecule has 1 fully saturated rings. The third-order valence-corrected chi connectivity index (χ3v) is 5.94. The Hall–Kier alpha value is -2.40. The smallest absolute Gasteiger partial charge is 0.220 e. The topological polar surface area (TPSA) is 75.6 Å². The average molecular weight is 426 g/mol. The number of para-hydroxylation sites is 1. The van der Waals surface area contributed by atoms with Crippen molar-refractivity contribution in [3.63, 3.8) is 0 Å². The van der Waals surface area contributed by atoms with E-state index in [1.165, 1.54) is 12.8 Å². The summed E-state index contributed by atoms with van der Waals surface area (Å²) in [6.45, 7) is 1.03. The zero-order valence-corrected chi connectivity index (χ0v) is 18.3. The zero-order valence-electron chi connectivity index (χ0n) is 18.3. The molecule has 31 heavy (non-hydrogen) atoms. The van der Waals surface area contributed by atoms with Gasteiger partial charge in [-0.25, -0.2) is 0 Å². The van der Waals surface area contributed by atoms with Crippen LogP contribution in [-0.4, -0.2) is 36.1 Å². The molecular weight excluding hydrogens is 390 g/mol. The number of carbonyl (C=O) groups is 2. The summed E-state index contributed by atoms with van der Waals surface area (Å²) < 4.78 is 5.56. The molecule has 1 aromatic carbocycles. The van der Waals surface area contributed by atoms with Gasteiger partial charge in [0.1, 0.15) is 24.2 Å². The first-order chi connectivity index (χ1) is 15.1. The summed E-state index contributed by atoms with van der Waals surface area (Å²) >= 11 is 0. The van der Waals surface area contributed by atoms with Crippen LogP contribution in [0.1, 0.15) is 57.8 Å². The van der Waals surface area contributed by atoms with Crippen molar-refractivity contribution in [3.05, 3.63) is 54.1 Å². The molecule has 0 saturated heterocycles. The number of aliphatic hydroxyl groups excluding tert-OH is 1. The molecule has 168 valence electrons. The highest BCUT2D eigenvalue weighted by molar-refractivity contribution is 5.89. The van der Waals surface area contributed by atoms with Crippen LogP contribution in [0.15, 0.2) is 54.1 Å². The van der Waals surface area contributed by atoms with Gasteiger partial charge in [0.15, 0.2) is 0 Å². The molecule has 0 bridgehead atoms. The number of hydrogen-bond donors (Lipinski definition) is 2. The van der Waals surface area contributed by atoms with Crippen LogP contribution in [0, 0.1) is 11.8 Å². The van der Waals surface area contributed by atoms with E-state index in [1.807, 2.05) is 42.5 Å². The van der Waals surface area contributed by atoms with Crippen molar-refractivity contribution in [1.29, 1.82) is 0 Å². The Morgan fingerprint density at radius 3 is 2.71 bits per heavy atom. The Balaban J connectivity index is 1.29. The summed E-state index contributed by atoms with van der Waals surface area (Å²) in [5.74, 6) is 1.81. The van der Waals surface area contributed by atoms with Crippen molar-refractivity contribution in [2.45, 2.75) is 63.9 Å². The minimum atomic E-state index is -0.719. The van der Waals surface area contributed by atoms with Gasteiger partial charge in [-0.05, 0) is 49.3 Å². The van der Waals surface area contributed by atoms with E-state index in [-0.39, 0.29) is 24.2 Å². The van der Waals surface area contributed by atoms with Gasteiger partial charge in [0, 0.05) is 25.3 Å². The van der Waals surface area contributed by atoms with Crippen molar-refractivity contribution in [3.8, 4) is 5.75 Å². The molecule has 3 rings (SSSR count). The van der Waals surface area contributed by atoms with E-state index in [0.717, 1.165) is 55.9 Å². The maximum atomic E-state index is 12.3. The summed E-state index contributed by atoms with van der Waals surface area (Å²) in [5, 5.41) is 13.2. The van der Waals surface area contributed by atoms with Gasteiger partial charge in [-0.1, -0.05) is 55.7 Å². The predicted octanol–water partition coefficient (Wildman–Crippen LogP) is 4.36. The minimum absolute atomic E-state index is 0.0691. The van der Waals surface area contributed by atoms with E-state index >= 15 is 0 Å². The molecule has 2 N–H and O–H groups in total. The van der Waals surface area contributed by atoms with Crippen LogP contribution >= 0.6 is 0 Å². The SMILES string of the molecule is O=C(CCCCCC[C@H]1C(=O)CC=C1/C=C/[C@@H](O)COc1ccccc1)NCC1CC1. The zero-order chi connectivity index (χ0) is 21.9. The molecule has 1 saturated carbocycles. The number of rotatable bonds is 14. The quantitative estimate of drug-likeness (QED) is 0.434. The number of hydrogen-bond acceptors (Lipinski definition) is 4. The normalized spacial score (nSPS) is 19.5. The van der Waals surface area contributed by atoms with Gasteiger partial charge >= 0.3 is 0 Å². The highest BCUT2D eigenvalue weighted by atomic mass is 16.5. The molecule has 1 aromatic rings. The molecule has 0 aliphatic heterocycles. The third-order valence-electron chi connectivity index (χ3n) is 5.94. The number of nitrogens with one attached hydrogen (secondary N) is 1. The molecule has 5 heteroatoms. The van der Waals surface area contributed by atoms with Crippen LogP contribution in [-0.2, 0) is 9.59 Å². The van der Waals surface area contributed by atoms with Gasteiger partial charge in [0.05, 0.1) is 0 Å². The molecule has 2 aliphatic rings. The first kappa shape index (κ1) is 23.3. The van der Waals surface area contributed by atoms with Crippen LogP contribution in [0.4, 0.5) is 0 Å². The van der Waals surface area contributed by atoms with Gasteiger partial charge in [-0.3, -0.25) is 9.59 Å². The minimum Gasteiger partial charge on any atom is -0.491 e. The fourth-order valence-corrected chi connectivity index (χ4v) is 3.83. The molecular formula is C26H35NO4. The fraction of sp³-hybridized carbons (Fsp3) is 0.538. The van der Waals surface area contributed by atoms with E-state index in [4.69, 9.17) is 4.74 Å². The molecule has 0 unspecified atom stereocenters. The van der Waals surface area contributed by atoms with Gasteiger partial charge < -0.3 is 15.2 Å². The number of unbranched alkanes of at least 4 members (excludes halogenated alkanes) is 3. The lowest BCUT2D eigenvalue weighted by molar-refractivity contribution is -0.121. The van der Waals surface area contributed by atoms with Crippen molar-refractivity contribution in [2.75, 3.05) is 13.2 Å². The number of ketones is 1. The maximum Gasteiger partial charge on any atom is 0.220 e.